The summed E-state index contributed by atoms with van der Waals surface area (Å²) >= 11 is 3.25. The Labute approximate surface area is 114 Å². The number of hydrogen-bond donors (Lipinski definition) is 2. The van der Waals surface area contributed by atoms with Gasteiger partial charge in [0.15, 0.2) is 17.7 Å². The molecule has 2 rings (SSSR count). The van der Waals surface area contributed by atoms with Crippen molar-refractivity contribution >= 4 is 27.7 Å². The minimum atomic E-state index is -0.497. The molecule has 5 nitrogen and oxygen atoms in total. The third kappa shape index (κ3) is 3.20. The second kappa shape index (κ2) is 4.85. The first-order valence-electron chi connectivity index (χ1n) is 5.78. The van der Waals surface area contributed by atoms with Gasteiger partial charge in [-0.05, 0) is 54.8 Å². The van der Waals surface area contributed by atoms with E-state index in [0.717, 1.165) is 0 Å². The lowest BCUT2D eigenvalue weighted by Gasteiger charge is -2.27. The largest absolute Gasteiger partial charge is 0.477 e. The minimum absolute atomic E-state index is 0.169. The van der Waals surface area contributed by atoms with Crippen molar-refractivity contribution in [3.8, 4) is 5.75 Å². The number of nitrogens with zero attached hydrogens (tertiary/aromatic N) is 1. The van der Waals surface area contributed by atoms with Gasteiger partial charge in [-0.1, -0.05) is 0 Å². The third-order valence-electron chi connectivity index (χ3n) is 2.68. The number of hydrogen-bond acceptors (Lipinski definition) is 4. The Hall–Kier alpha value is -1.14. The summed E-state index contributed by atoms with van der Waals surface area (Å²) < 4.78 is 6.30. The highest BCUT2D eigenvalue weighted by Gasteiger charge is 2.29. The monoisotopic (exact) mass is 313 g/mol. The van der Waals surface area contributed by atoms with Crippen LogP contribution >= 0.6 is 15.9 Å². The zero-order chi connectivity index (χ0) is 13.3. The summed E-state index contributed by atoms with van der Waals surface area (Å²) in [7, 11) is 0. The zero-order valence-corrected chi connectivity index (χ0v) is 12.0. The molecule has 0 saturated carbocycles. The van der Waals surface area contributed by atoms with Gasteiger partial charge in [0.2, 0.25) is 0 Å². The number of nitrogens with one attached hydrogen (secondary N) is 1. The van der Waals surface area contributed by atoms with Crippen LogP contribution in [0.1, 0.15) is 26.7 Å². The number of fused-ring (bicyclic) bond motifs is 1. The summed E-state index contributed by atoms with van der Waals surface area (Å²) in [4.78, 5) is 16.0. The van der Waals surface area contributed by atoms with Gasteiger partial charge in [-0.15, -0.1) is 0 Å². The molecular formula is C12H16BrN3O2. The standard InChI is InChI=1S/C12H16BrN3O2/c1-12(2,14)6-5-8-11(17)16-10-7(18-8)3-4-9(13)15-10/h3-4,8H,5-6,14H2,1-2H3,(H,15,16,17). The van der Waals surface area contributed by atoms with E-state index in [1.807, 2.05) is 13.8 Å². The Kier molecular flexibility index (Phi) is 3.59. The molecule has 0 bridgehead atoms. The van der Waals surface area contributed by atoms with Gasteiger partial charge in [0.25, 0.3) is 5.91 Å². The lowest BCUT2D eigenvalue weighted by atomic mass is 9.97. The molecule has 1 aliphatic rings. The molecule has 1 atom stereocenters. The maximum atomic E-state index is 11.9. The average Bonchev–Trinajstić information content (AvgIpc) is 2.25. The summed E-state index contributed by atoms with van der Waals surface area (Å²) in [6.07, 6.45) is 0.804. The predicted molar refractivity (Wildman–Crippen MR) is 72.5 cm³/mol. The molecule has 6 heteroatoms. The summed E-state index contributed by atoms with van der Waals surface area (Å²) in [5.41, 5.74) is 5.60. The molecule has 0 fully saturated rings. The van der Waals surface area contributed by atoms with Gasteiger partial charge in [0.1, 0.15) is 4.60 Å². The molecule has 2 heterocycles. The van der Waals surface area contributed by atoms with Crippen LogP contribution in [0.2, 0.25) is 0 Å². The fraction of sp³-hybridized carbons (Fsp3) is 0.500. The first-order valence-corrected chi connectivity index (χ1v) is 6.57. The molecule has 1 aromatic heterocycles. The number of rotatable bonds is 3. The van der Waals surface area contributed by atoms with E-state index in [-0.39, 0.29) is 11.4 Å². The van der Waals surface area contributed by atoms with Crippen LogP contribution in [0.15, 0.2) is 16.7 Å². The van der Waals surface area contributed by atoms with Gasteiger partial charge >= 0.3 is 0 Å². The summed E-state index contributed by atoms with van der Waals surface area (Å²) in [6.45, 7) is 3.86. The van der Waals surface area contributed by atoms with Gasteiger partial charge in [-0.3, -0.25) is 4.79 Å². The first-order chi connectivity index (χ1) is 8.35. The zero-order valence-electron chi connectivity index (χ0n) is 10.4. The number of halogens is 1. The van der Waals surface area contributed by atoms with Crippen molar-refractivity contribution in [1.29, 1.82) is 0 Å². The van der Waals surface area contributed by atoms with E-state index >= 15 is 0 Å². The van der Waals surface area contributed by atoms with Crippen molar-refractivity contribution in [1.82, 2.24) is 4.98 Å². The van der Waals surface area contributed by atoms with E-state index in [0.29, 0.717) is 29.0 Å². The SMILES string of the molecule is CC(C)(N)CCC1Oc2ccc(Br)nc2NC1=O. The molecule has 98 valence electrons. The van der Waals surface area contributed by atoms with Crippen LogP contribution in [0.25, 0.3) is 0 Å². The Morgan fingerprint density at radius 1 is 1.56 bits per heavy atom. The van der Waals surface area contributed by atoms with Crippen LogP contribution in [0.5, 0.6) is 5.75 Å². The quantitative estimate of drug-likeness (QED) is 0.837. The predicted octanol–water partition coefficient (Wildman–Crippen LogP) is 2.06. The van der Waals surface area contributed by atoms with Crippen molar-refractivity contribution in [3.05, 3.63) is 16.7 Å². The highest BCUT2D eigenvalue weighted by molar-refractivity contribution is 9.10. The number of nitrogens with two attached hydrogens (primary N) is 1. The van der Waals surface area contributed by atoms with E-state index in [2.05, 4.69) is 26.2 Å². The molecule has 1 aromatic rings. The summed E-state index contributed by atoms with van der Waals surface area (Å²) in [6, 6.07) is 3.56. The van der Waals surface area contributed by atoms with Crippen molar-refractivity contribution < 1.29 is 9.53 Å². The van der Waals surface area contributed by atoms with E-state index < -0.39 is 6.10 Å². The Balaban J connectivity index is 2.09. The highest BCUT2D eigenvalue weighted by Crippen LogP contribution is 2.30. The molecule has 0 spiro atoms. The fourth-order valence-corrected chi connectivity index (χ4v) is 2.01. The van der Waals surface area contributed by atoms with Gasteiger partial charge < -0.3 is 15.8 Å². The smallest absolute Gasteiger partial charge is 0.266 e. The van der Waals surface area contributed by atoms with E-state index in [4.69, 9.17) is 10.5 Å². The Bertz CT molecular complexity index is 471. The van der Waals surface area contributed by atoms with Gasteiger partial charge in [0, 0.05) is 5.54 Å². The maximum absolute atomic E-state index is 11.9. The van der Waals surface area contributed by atoms with Crippen LogP contribution in [-0.2, 0) is 4.79 Å². The highest BCUT2D eigenvalue weighted by atomic mass is 79.9. The van der Waals surface area contributed by atoms with Crippen molar-refractivity contribution in [2.75, 3.05) is 5.32 Å². The van der Waals surface area contributed by atoms with Gasteiger partial charge in [-0.25, -0.2) is 4.98 Å². The normalized spacial score (nSPS) is 18.9. The van der Waals surface area contributed by atoms with Crippen LogP contribution in [0.3, 0.4) is 0 Å². The maximum Gasteiger partial charge on any atom is 0.266 e. The lowest BCUT2D eigenvalue weighted by molar-refractivity contribution is -0.124. The summed E-state index contributed by atoms with van der Waals surface area (Å²) in [5.74, 6) is 0.882. The van der Waals surface area contributed by atoms with Crippen molar-refractivity contribution in [3.63, 3.8) is 0 Å². The number of pyridine rings is 1. The number of carbonyl (C=O) groups is 1. The number of amides is 1. The molecule has 3 N–H and O–H groups in total. The topological polar surface area (TPSA) is 77.2 Å². The molecule has 1 aliphatic heterocycles. The minimum Gasteiger partial charge on any atom is -0.477 e. The van der Waals surface area contributed by atoms with E-state index in [1.165, 1.54) is 0 Å². The van der Waals surface area contributed by atoms with E-state index in [9.17, 15) is 4.79 Å². The lowest BCUT2D eigenvalue weighted by Crippen LogP contribution is -2.40. The number of aromatic nitrogens is 1. The van der Waals surface area contributed by atoms with E-state index in [1.54, 1.807) is 12.1 Å². The molecular weight excluding hydrogens is 298 g/mol. The Morgan fingerprint density at radius 2 is 2.28 bits per heavy atom. The second-order valence-electron chi connectivity index (χ2n) is 5.10. The van der Waals surface area contributed by atoms with Gasteiger partial charge in [-0.2, -0.15) is 0 Å². The summed E-state index contributed by atoms with van der Waals surface area (Å²) in [5, 5.41) is 2.74. The molecule has 0 radical (unpaired) electrons. The average molecular weight is 314 g/mol. The number of carbonyl (C=O) groups excluding carboxylic acids is 1. The van der Waals surface area contributed by atoms with Crippen LogP contribution in [0.4, 0.5) is 5.82 Å². The fourth-order valence-electron chi connectivity index (χ4n) is 1.70. The Morgan fingerprint density at radius 3 is 2.94 bits per heavy atom. The third-order valence-corrected chi connectivity index (χ3v) is 3.12. The molecule has 1 unspecified atom stereocenters. The van der Waals surface area contributed by atoms with Crippen LogP contribution < -0.4 is 15.8 Å². The van der Waals surface area contributed by atoms with Crippen LogP contribution in [-0.4, -0.2) is 22.5 Å². The molecule has 0 aromatic carbocycles. The van der Waals surface area contributed by atoms with Crippen molar-refractivity contribution in [2.45, 2.75) is 38.3 Å². The first kappa shape index (κ1) is 13.3. The molecule has 18 heavy (non-hydrogen) atoms. The van der Waals surface area contributed by atoms with Crippen LogP contribution in [0, 0.1) is 0 Å². The van der Waals surface area contributed by atoms with Gasteiger partial charge in [0.05, 0.1) is 0 Å². The number of anilines is 1. The molecule has 0 aliphatic carbocycles. The molecule has 0 saturated heterocycles. The number of ether oxygens (including phenoxy) is 1. The second-order valence-corrected chi connectivity index (χ2v) is 5.92. The van der Waals surface area contributed by atoms with Crippen molar-refractivity contribution in [2.24, 2.45) is 5.73 Å². The molecule has 1 amide bonds.